The number of benzene rings is 1. The Bertz CT molecular complexity index is 505. The van der Waals surface area contributed by atoms with E-state index >= 15 is 0 Å². The molecule has 4 nitrogen and oxygen atoms in total. The van der Waals surface area contributed by atoms with Crippen LogP contribution in [0.4, 0.5) is 0 Å². The van der Waals surface area contributed by atoms with E-state index in [2.05, 4.69) is 10.6 Å². The minimum atomic E-state index is 0.195. The van der Waals surface area contributed by atoms with Crippen LogP contribution in [-0.2, 0) is 22.7 Å². The van der Waals surface area contributed by atoms with E-state index in [4.69, 9.17) is 0 Å². The Morgan fingerprint density at radius 3 is 1.38 bits per heavy atom. The van der Waals surface area contributed by atoms with E-state index in [0.29, 0.717) is 13.1 Å². The maximum absolute atomic E-state index is 12.0. The first-order chi connectivity index (χ1) is 11.7. The van der Waals surface area contributed by atoms with Crippen molar-refractivity contribution < 1.29 is 9.59 Å². The second kappa shape index (κ2) is 8.32. The molecule has 0 radical (unpaired) electrons. The molecule has 2 N–H and O–H groups in total. The predicted molar refractivity (Wildman–Crippen MR) is 94.1 cm³/mol. The van der Waals surface area contributed by atoms with Gasteiger partial charge in [0.2, 0.25) is 11.8 Å². The van der Waals surface area contributed by atoms with Crippen molar-refractivity contribution in [3.8, 4) is 0 Å². The zero-order valence-corrected chi connectivity index (χ0v) is 14.4. The van der Waals surface area contributed by atoms with Crippen LogP contribution in [0.1, 0.15) is 62.5 Å². The number of hydrogen-bond acceptors (Lipinski definition) is 2. The van der Waals surface area contributed by atoms with Crippen LogP contribution >= 0.6 is 0 Å². The first kappa shape index (κ1) is 17.0. The van der Waals surface area contributed by atoms with E-state index in [0.717, 1.165) is 36.8 Å². The van der Waals surface area contributed by atoms with Gasteiger partial charge in [-0.3, -0.25) is 9.59 Å². The van der Waals surface area contributed by atoms with Crippen LogP contribution < -0.4 is 10.6 Å². The molecule has 2 aliphatic carbocycles. The van der Waals surface area contributed by atoms with Crippen molar-refractivity contribution >= 4 is 11.8 Å². The van der Waals surface area contributed by atoms with Gasteiger partial charge in [0, 0.05) is 24.9 Å². The molecular formula is C20H28N2O2. The third-order valence-electron chi connectivity index (χ3n) is 5.41. The van der Waals surface area contributed by atoms with Gasteiger partial charge < -0.3 is 10.6 Å². The highest BCUT2D eigenvalue weighted by Gasteiger charge is 2.23. The van der Waals surface area contributed by atoms with Gasteiger partial charge in [0.25, 0.3) is 0 Å². The molecule has 2 fully saturated rings. The summed E-state index contributed by atoms with van der Waals surface area (Å²) in [6.45, 7) is 1.17. The molecule has 24 heavy (non-hydrogen) atoms. The molecule has 0 atom stereocenters. The van der Waals surface area contributed by atoms with Crippen molar-refractivity contribution in [2.75, 3.05) is 0 Å². The first-order valence-electron chi connectivity index (χ1n) is 9.35. The van der Waals surface area contributed by atoms with Crippen LogP contribution in [0.3, 0.4) is 0 Å². The number of rotatable bonds is 6. The Balaban J connectivity index is 1.41. The van der Waals surface area contributed by atoms with Crippen LogP contribution in [0.2, 0.25) is 0 Å². The molecule has 0 bridgehead atoms. The molecule has 130 valence electrons. The normalized spacial score (nSPS) is 18.7. The van der Waals surface area contributed by atoms with Gasteiger partial charge in [-0.05, 0) is 36.8 Å². The van der Waals surface area contributed by atoms with Crippen molar-refractivity contribution in [3.63, 3.8) is 0 Å². The van der Waals surface area contributed by atoms with Crippen molar-refractivity contribution in [1.82, 2.24) is 10.6 Å². The Morgan fingerprint density at radius 1 is 0.708 bits per heavy atom. The van der Waals surface area contributed by atoms with Crippen LogP contribution in [-0.4, -0.2) is 11.8 Å². The summed E-state index contributed by atoms with van der Waals surface area (Å²) in [5.74, 6) is 0.825. The fourth-order valence-corrected chi connectivity index (χ4v) is 3.82. The third-order valence-corrected chi connectivity index (χ3v) is 5.41. The summed E-state index contributed by atoms with van der Waals surface area (Å²) in [6, 6.07) is 8.13. The van der Waals surface area contributed by atoms with Crippen molar-refractivity contribution in [2.24, 2.45) is 11.8 Å². The summed E-state index contributed by atoms with van der Waals surface area (Å²) in [7, 11) is 0. The highest BCUT2D eigenvalue weighted by Crippen LogP contribution is 2.25. The maximum Gasteiger partial charge on any atom is 0.223 e. The summed E-state index contributed by atoms with van der Waals surface area (Å²) < 4.78 is 0. The van der Waals surface area contributed by atoms with Gasteiger partial charge in [-0.2, -0.15) is 0 Å². The number of carbonyl (C=O) groups is 2. The second-order valence-corrected chi connectivity index (χ2v) is 7.21. The van der Waals surface area contributed by atoms with Crippen molar-refractivity contribution in [2.45, 2.75) is 64.5 Å². The number of hydrogen-bond donors (Lipinski definition) is 2. The van der Waals surface area contributed by atoms with Gasteiger partial charge in [-0.15, -0.1) is 0 Å². The van der Waals surface area contributed by atoms with Crippen molar-refractivity contribution in [1.29, 1.82) is 0 Å². The monoisotopic (exact) mass is 328 g/mol. The van der Waals surface area contributed by atoms with Gasteiger partial charge in [-0.1, -0.05) is 49.9 Å². The summed E-state index contributed by atoms with van der Waals surface area (Å²) >= 11 is 0. The fourth-order valence-electron chi connectivity index (χ4n) is 3.82. The minimum Gasteiger partial charge on any atom is -0.352 e. The molecule has 4 heteroatoms. The topological polar surface area (TPSA) is 58.2 Å². The zero-order chi connectivity index (χ0) is 16.8. The summed E-state index contributed by atoms with van der Waals surface area (Å²) in [4.78, 5) is 24.1. The number of nitrogens with one attached hydrogen (secondary N) is 2. The smallest absolute Gasteiger partial charge is 0.223 e. The Kier molecular flexibility index (Phi) is 5.89. The van der Waals surface area contributed by atoms with Crippen molar-refractivity contribution in [3.05, 3.63) is 35.4 Å². The molecule has 2 saturated carbocycles. The minimum absolute atomic E-state index is 0.195. The fraction of sp³-hybridized carbons (Fsp3) is 0.600. The van der Waals surface area contributed by atoms with Gasteiger partial charge in [0.15, 0.2) is 0 Å². The second-order valence-electron chi connectivity index (χ2n) is 7.21. The largest absolute Gasteiger partial charge is 0.352 e. The van der Waals surface area contributed by atoms with Gasteiger partial charge in [0.1, 0.15) is 0 Å². The number of amides is 2. The molecule has 2 amide bonds. The average Bonchev–Trinajstić information content (AvgIpc) is 3.32. The molecule has 0 spiro atoms. The van der Waals surface area contributed by atoms with E-state index in [-0.39, 0.29) is 23.7 Å². The predicted octanol–water partition coefficient (Wildman–Crippen LogP) is 3.30. The van der Waals surface area contributed by atoms with E-state index in [9.17, 15) is 9.59 Å². The standard InChI is InChI=1S/C20H28N2O2/c23-19(17-5-1-2-6-17)21-13-15-9-11-16(12-10-15)14-22-20(24)18-7-3-4-8-18/h9-12,17-18H,1-8,13-14H2,(H,21,23)(H,22,24). The third kappa shape index (κ3) is 4.59. The lowest BCUT2D eigenvalue weighted by Gasteiger charge is -2.12. The SMILES string of the molecule is O=C(NCc1ccc(CNC(=O)C2CCCC2)cc1)C1CCCC1. The Hall–Kier alpha value is -1.84. The van der Waals surface area contributed by atoms with E-state index in [1.807, 2.05) is 24.3 Å². The molecule has 3 rings (SSSR count). The van der Waals surface area contributed by atoms with Gasteiger partial charge in [-0.25, -0.2) is 0 Å². The van der Waals surface area contributed by atoms with E-state index in [1.165, 1.54) is 25.7 Å². The lowest BCUT2D eigenvalue weighted by atomic mass is 10.1. The summed E-state index contributed by atoms with van der Waals surface area (Å²) in [6.07, 6.45) is 8.85. The molecule has 0 unspecified atom stereocenters. The summed E-state index contributed by atoms with van der Waals surface area (Å²) in [5.41, 5.74) is 2.21. The molecule has 1 aromatic rings. The van der Waals surface area contributed by atoms with Crippen LogP contribution in [0.15, 0.2) is 24.3 Å². The molecular weight excluding hydrogens is 300 g/mol. The van der Waals surface area contributed by atoms with E-state index < -0.39 is 0 Å². The highest BCUT2D eigenvalue weighted by molar-refractivity contribution is 5.79. The first-order valence-corrected chi connectivity index (χ1v) is 9.35. The Morgan fingerprint density at radius 2 is 1.04 bits per heavy atom. The molecule has 0 heterocycles. The quantitative estimate of drug-likeness (QED) is 0.842. The Labute approximate surface area is 144 Å². The van der Waals surface area contributed by atoms with E-state index in [1.54, 1.807) is 0 Å². The van der Waals surface area contributed by atoms with Crippen LogP contribution in [0.5, 0.6) is 0 Å². The molecule has 1 aromatic carbocycles. The lowest BCUT2D eigenvalue weighted by Crippen LogP contribution is -2.29. The average molecular weight is 328 g/mol. The summed E-state index contributed by atoms with van der Waals surface area (Å²) in [5, 5.41) is 6.08. The molecule has 0 aromatic heterocycles. The van der Waals surface area contributed by atoms with Crippen LogP contribution in [0, 0.1) is 11.8 Å². The van der Waals surface area contributed by atoms with Crippen LogP contribution in [0.25, 0.3) is 0 Å². The maximum atomic E-state index is 12.0. The molecule has 0 aliphatic heterocycles. The highest BCUT2D eigenvalue weighted by atomic mass is 16.2. The van der Waals surface area contributed by atoms with Gasteiger partial charge in [0.05, 0.1) is 0 Å². The van der Waals surface area contributed by atoms with Gasteiger partial charge >= 0.3 is 0 Å². The number of carbonyl (C=O) groups excluding carboxylic acids is 2. The molecule has 2 aliphatic rings. The molecule has 0 saturated heterocycles. The zero-order valence-electron chi connectivity index (χ0n) is 14.4. The lowest BCUT2D eigenvalue weighted by molar-refractivity contribution is -0.125.